The van der Waals surface area contributed by atoms with Crippen LogP contribution in [0.4, 0.5) is 0 Å². The van der Waals surface area contributed by atoms with E-state index in [2.05, 4.69) is 35.1 Å². The van der Waals surface area contributed by atoms with Gasteiger partial charge in [0.1, 0.15) is 5.01 Å². The van der Waals surface area contributed by atoms with Crippen LogP contribution in [0, 0.1) is 5.41 Å². The van der Waals surface area contributed by atoms with E-state index in [1.54, 1.807) is 11.3 Å². The molecule has 0 saturated carbocycles. The Morgan fingerprint density at radius 1 is 1.32 bits per heavy atom. The quantitative estimate of drug-likeness (QED) is 0.444. The third-order valence-electron chi connectivity index (χ3n) is 4.99. The van der Waals surface area contributed by atoms with Gasteiger partial charge in [-0.2, -0.15) is 0 Å². The Hall–Kier alpha value is -1.96. The van der Waals surface area contributed by atoms with Crippen molar-refractivity contribution in [2.24, 2.45) is 10.4 Å². The molecule has 0 bridgehead atoms. The highest BCUT2D eigenvalue weighted by atomic mass is 32.1. The van der Waals surface area contributed by atoms with Crippen molar-refractivity contribution in [2.75, 3.05) is 39.5 Å². The maximum Gasteiger partial charge on any atom is 0.191 e. The molecule has 0 aliphatic carbocycles. The van der Waals surface area contributed by atoms with E-state index in [1.165, 1.54) is 0 Å². The first kappa shape index (κ1) is 20.8. The Bertz CT molecular complexity index is 742. The molecule has 1 aromatic carbocycles. The first-order valence-electron chi connectivity index (χ1n) is 9.95. The van der Waals surface area contributed by atoms with Gasteiger partial charge in [0.25, 0.3) is 0 Å². The van der Waals surface area contributed by atoms with Gasteiger partial charge in [-0.15, -0.1) is 11.3 Å². The predicted octanol–water partition coefficient (Wildman–Crippen LogP) is 2.70. The number of rotatable bonds is 9. The summed E-state index contributed by atoms with van der Waals surface area (Å²) in [5, 5.41) is 19.3. The fourth-order valence-corrected chi connectivity index (χ4v) is 4.18. The van der Waals surface area contributed by atoms with Crippen molar-refractivity contribution in [3.63, 3.8) is 0 Å². The average Bonchev–Trinajstić information content (AvgIpc) is 3.37. The van der Waals surface area contributed by atoms with Gasteiger partial charge in [0, 0.05) is 49.1 Å². The zero-order valence-electron chi connectivity index (χ0n) is 16.5. The van der Waals surface area contributed by atoms with Crippen molar-refractivity contribution in [1.82, 2.24) is 15.6 Å². The van der Waals surface area contributed by atoms with Crippen LogP contribution in [-0.4, -0.2) is 55.5 Å². The Kier molecular flexibility index (Phi) is 7.82. The van der Waals surface area contributed by atoms with E-state index in [0.29, 0.717) is 13.2 Å². The molecule has 1 fully saturated rings. The molecular weight excluding hydrogens is 372 g/mol. The van der Waals surface area contributed by atoms with Gasteiger partial charge in [0.15, 0.2) is 5.96 Å². The molecule has 1 aliphatic heterocycles. The first-order valence-corrected chi connectivity index (χ1v) is 10.8. The normalized spacial score (nSPS) is 19.7. The molecule has 152 valence electrons. The van der Waals surface area contributed by atoms with E-state index in [1.807, 2.05) is 18.2 Å². The fraction of sp³-hybridized carbons (Fsp3) is 0.524. The smallest absolute Gasteiger partial charge is 0.191 e. The zero-order valence-corrected chi connectivity index (χ0v) is 17.3. The summed E-state index contributed by atoms with van der Waals surface area (Å²) in [6, 6.07) is 10.3. The number of benzene rings is 1. The Balaban J connectivity index is 1.53. The maximum absolute atomic E-state index is 9.37. The van der Waals surface area contributed by atoms with Gasteiger partial charge in [0.05, 0.1) is 18.8 Å². The SMILES string of the molecule is CCNC(=NCC1(CCO)CCOC1)NCCc1csc(-c2ccccc2)n1. The first-order chi connectivity index (χ1) is 13.7. The molecule has 0 radical (unpaired) electrons. The number of thiazole rings is 1. The minimum Gasteiger partial charge on any atom is -0.396 e. The largest absolute Gasteiger partial charge is 0.396 e. The number of ether oxygens (including phenoxy) is 1. The van der Waals surface area contributed by atoms with Gasteiger partial charge in [-0.1, -0.05) is 30.3 Å². The molecule has 6 nitrogen and oxygen atoms in total. The van der Waals surface area contributed by atoms with Crippen molar-refractivity contribution in [2.45, 2.75) is 26.2 Å². The second kappa shape index (κ2) is 10.5. The van der Waals surface area contributed by atoms with E-state index in [0.717, 1.165) is 61.2 Å². The molecule has 2 heterocycles. The van der Waals surface area contributed by atoms with Crippen LogP contribution < -0.4 is 10.6 Å². The predicted molar refractivity (Wildman–Crippen MR) is 115 cm³/mol. The van der Waals surface area contributed by atoms with Gasteiger partial charge in [-0.3, -0.25) is 4.99 Å². The average molecular weight is 403 g/mol. The van der Waals surface area contributed by atoms with E-state index in [-0.39, 0.29) is 12.0 Å². The molecule has 1 saturated heterocycles. The summed E-state index contributed by atoms with van der Waals surface area (Å²) in [5.41, 5.74) is 2.22. The number of hydrogen-bond acceptors (Lipinski definition) is 5. The van der Waals surface area contributed by atoms with Gasteiger partial charge in [0.2, 0.25) is 0 Å². The maximum atomic E-state index is 9.37. The highest BCUT2D eigenvalue weighted by molar-refractivity contribution is 7.13. The lowest BCUT2D eigenvalue weighted by Gasteiger charge is -2.24. The molecule has 2 aromatic rings. The summed E-state index contributed by atoms with van der Waals surface area (Å²) in [5.74, 6) is 0.810. The van der Waals surface area contributed by atoms with Crippen molar-refractivity contribution in [1.29, 1.82) is 0 Å². The second-order valence-electron chi connectivity index (χ2n) is 7.16. The lowest BCUT2D eigenvalue weighted by Crippen LogP contribution is -2.39. The molecule has 3 N–H and O–H groups in total. The molecular formula is C21H30N4O2S. The Morgan fingerprint density at radius 3 is 2.89 bits per heavy atom. The number of nitrogens with zero attached hydrogens (tertiary/aromatic N) is 2. The molecule has 1 aliphatic rings. The number of aliphatic imine (C=N–C) groups is 1. The molecule has 1 atom stereocenters. The van der Waals surface area contributed by atoms with Gasteiger partial charge in [-0.25, -0.2) is 4.98 Å². The lowest BCUT2D eigenvalue weighted by atomic mass is 9.84. The van der Waals surface area contributed by atoms with Gasteiger partial charge >= 0.3 is 0 Å². The number of aliphatic hydroxyl groups is 1. The summed E-state index contributed by atoms with van der Waals surface area (Å²) < 4.78 is 5.55. The number of nitrogens with one attached hydrogen (secondary N) is 2. The summed E-state index contributed by atoms with van der Waals surface area (Å²) in [6.07, 6.45) is 2.53. The van der Waals surface area contributed by atoms with Crippen LogP contribution in [0.15, 0.2) is 40.7 Å². The standard InChI is InChI=1S/C21H30N4O2S/c1-2-22-20(24-15-21(9-12-26)10-13-27-16-21)23-11-8-18-14-28-19(25-18)17-6-4-3-5-7-17/h3-7,14,26H,2,8-13,15-16H2,1H3,(H2,22,23,24). The van der Waals surface area contributed by atoms with Gasteiger partial charge < -0.3 is 20.5 Å². The molecule has 3 rings (SSSR count). The van der Waals surface area contributed by atoms with Crippen LogP contribution in [0.1, 0.15) is 25.5 Å². The van der Waals surface area contributed by atoms with Crippen LogP contribution in [0.2, 0.25) is 0 Å². The van der Waals surface area contributed by atoms with Crippen LogP contribution in [0.5, 0.6) is 0 Å². The molecule has 0 amide bonds. The van der Waals surface area contributed by atoms with Crippen LogP contribution in [0.25, 0.3) is 10.6 Å². The summed E-state index contributed by atoms with van der Waals surface area (Å²) in [7, 11) is 0. The van der Waals surface area contributed by atoms with E-state index < -0.39 is 0 Å². The fourth-order valence-electron chi connectivity index (χ4n) is 3.32. The third kappa shape index (κ3) is 5.77. The molecule has 0 spiro atoms. The minimum absolute atomic E-state index is 0.0312. The van der Waals surface area contributed by atoms with Crippen molar-refractivity contribution < 1.29 is 9.84 Å². The van der Waals surface area contributed by atoms with Crippen LogP contribution >= 0.6 is 11.3 Å². The van der Waals surface area contributed by atoms with Gasteiger partial charge in [-0.05, 0) is 19.8 Å². The molecule has 7 heteroatoms. The topological polar surface area (TPSA) is 78.8 Å². The van der Waals surface area contributed by atoms with E-state index >= 15 is 0 Å². The van der Waals surface area contributed by atoms with Crippen molar-refractivity contribution in [3.05, 3.63) is 41.4 Å². The highest BCUT2D eigenvalue weighted by Gasteiger charge is 2.34. The monoisotopic (exact) mass is 402 g/mol. The Labute approximate surface area is 171 Å². The molecule has 1 unspecified atom stereocenters. The molecule has 28 heavy (non-hydrogen) atoms. The molecule has 1 aromatic heterocycles. The van der Waals surface area contributed by atoms with E-state index in [9.17, 15) is 5.11 Å². The zero-order chi connectivity index (χ0) is 19.7. The number of hydrogen-bond donors (Lipinski definition) is 3. The highest BCUT2D eigenvalue weighted by Crippen LogP contribution is 2.32. The second-order valence-corrected chi connectivity index (χ2v) is 8.02. The summed E-state index contributed by atoms with van der Waals surface area (Å²) >= 11 is 1.68. The summed E-state index contributed by atoms with van der Waals surface area (Å²) in [6.45, 7) is 5.92. The van der Waals surface area contributed by atoms with Crippen molar-refractivity contribution in [3.8, 4) is 10.6 Å². The van der Waals surface area contributed by atoms with Crippen LogP contribution in [-0.2, 0) is 11.2 Å². The summed E-state index contributed by atoms with van der Waals surface area (Å²) in [4.78, 5) is 9.50. The van der Waals surface area contributed by atoms with E-state index in [4.69, 9.17) is 14.7 Å². The Morgan fingerprint density at radius 2 is 2.18 bits per heavy atom. The number of aliphatic hydroxyl groups excluding tert-OH is 1. The number of guanidine groups is 1. The minimum atomic E-state index is -0.0312. The third-order valence-corrected chi connectivity index (χ3v) is 5.93. The lowest BCUT2D eigenvalue weighted by molar-refractivity contribution is 0.131. The van der Waals surface area contributed by atoms with Crippen molar-refractivity contribution >= 4 is 17.3 Å². The van der Waals surface area contributed by atoms with Crippen LogP contribution in [0.3, 0.4) is 0 Å². The number of aromatic nitrogens is 1.